The number of para-hydroxylation sites is 1. The third kappa shape index (κ3) is 1.87. The zero-order valence-electron chi connectivity index (χ0n) is 11.5. The van der Waals surface area contributed by atoms with Crippen LogP contribution >= 0.6 is 11.8 Å². The summed E-state index contributed by atoms with van der Waals surface area (Å²) < 4.78 is 2.47. The van der Waals surface area contributed by atoms with Gasteiger partial charge in [0.2, 0.25) is 0 Å². The molecule has 100 valence electrons. The summed E-state index contributed by atoms with van der Waals surface area (Å²) in [7, 11) is 0. The zero-order valence-corrected chi connectivity index (χ0v) is 12.4. The Kier molecular flexibility index (Phi) is 2.85. The molecular formula is C18H17NS. The van der Waals surface area contributed by atoms with Crippen molar-refractivity contribution in [2.75, 3.05) is 5.75 Å². The lowest BCUT2D eigenvalue weighted by atomic mass is 10.0. The van der Waals surface area contributed by atoms with Gasteiger partial charge in [-0.2, -0.15) is 0 Å². The minimum Gasteiger partial charge on any atom is -0.344 e. The predicted octanol–water partition coefficient (Wildman–Crippen LogP) is 4.84. The van der Waals surface area contributed by atoms with Crippen molar-refractivity contribution in [3.63, 3.8) is 0 Å². The van der Waals surface area contributed by atoms with E-state index in [0.717, 1.165) is 6.54 Å². The molecule has 2 heterocycles. The number of benzene rings is 2. The van der Waals surface area contributed by atoms with Crippen LogP contribution in [0.15, 0.2) is 59.5 Å². The SMILES string of the molecule is Cc1cc2ccccc2n1CC1CSc2ccccc21. The fourth-order valence-electron chi connectivity index (χ4n) is 3.19. The van der Waals surface area contributed by atoms with Crippen molar-refractivity contribution < 1.29 is 0 Å². The molecule has 0 fully saturated rings. The van der Waals surface area contributed by atoms with Gasteiger partial charge in [-0.25, -0.2) is 0 Å². The number of thioether (sulfide) groups is 1. The van der Waals surface area contributed by atoms with Crippen molar-refractivity contribution in [3.8, 4) is 0 Å². The normalized spacial score (nSPS) is 17.6. The number of rotatable bonds is 2. The highest BCUT2D eigenvalue weighted by molar-refractivity contribution is 7.99. The molecule has 1 aliphatic heterocycles. The average molecular weight is 279 g/mol. The molecule has 0 saturated carbocycles. The molecule has 3 aromatic rings. The molecule has 1 unspecified atom stereocenters. The third-order valence-electron chi connectivity index (χ3n) is 4.22. The third-order valence-corrected chi connectivity index (χ3v) is 5.47. The molecule has 0 bridgehead atoms. The molecule has 1 atom stereocenters. The molecule has 2 aromatic carbocycles. The maximum absolute atomic E-state index is 2.47. The molecule has 0 saturated heterocycles. The second-order valence-electron chi connectivity index (χ2n) is 5.50. The van der Waals surface area contributed by atoms with Crippen molar-refractivity contribution in [3.05, 3.63) is 65.9 Å². The Morgan fingerprint density at radius 1 is 1.10 bits per heavy atom. The van der Waals surface area contributed by atoms with Gasteiger partial charge in [-0.3, -0.25) is 0 Å². The van der Waals surface area contributed by atoms with Crippen LogP contribution in [0.4, 0.5) is 0 Å². The highest BCUT2D eigenvalue weighted by Crippen LogP contribution is 2.40. The Hall–Kier alpha value is -1.67. The fraction of sp³-hybridized carbons (Fsp3) is 0.222. The van der Waals surface area contributed by atoms with E-state index >= 15 is 0 Å². The molecular weight excluding hydrogens is 262 g/mol. The number of aryl methyl sites for hydroxylation is 1. The zero-order chi connectivity index (χ0) is 13.5. The summed E-state index contributed by atoms with van der Waals surface area (Å²) in [6, 6.07) is 19.8. The van der Waals surface area contributed by atoms with Crippen LogP contribution in [-0.4, -0.2) is 10.3 Å². The predicted molar refractivity (Wildman–Crippen MR) is 86.6 cm³/mol. The highest BCUT2D eigenvalue weighted by atomic mass is 32.2. The summed E-state index contributed by atoms with van der Waals surface area (Å²) in [6.07, 6.45) is 0. The van der Waals surface area contributed by atoms with Gasteiger partial charge in [0.1, 0.15) is 0 Å². The Bertz CT molecular complexity index is 772. The van der Waals surface area contributed by atoms with Gasteiger partial charge in [0, 0.05) is 34.3 Å². The minimum absolute atomic E-state index is 0.630. The van der Waals surface area contributed by atoms with Crippen LogP contribution in [-0.2, 0) is 6.54 Å². The van der Waals surface area contributed by atoms with E-state index in [1.54, 1.807) is 0 Å². The number of hydrogen-bond acceptors (Lipinski definition) is 1. The molecule has 0 radical (unpaired) electrons. The lowest BCUT2D eigenvalue weighted by Crippen LogP contribution is -2.09. The number of nitrogens with zero attached hydrogens (tertiary/aromatic N) is 1. The summed E-state index contributed by atoms with van der Waals surface area (Å²) in [6.45, 7) is 3.30. The van der Waals surface area contributed by atoms with Gasteiger partial charge in [-0.1, -0.05) is 36.4 Å². The minimum atomic E-state index is 0.630. The summed E-state index contributed by atoms with van der Waals surface area (Å²) >= 11 is 2.00. The standard InChI is InChI=1S/C18H17NS/c1-13-10-14-6-2-4-8-17(14)19(13)11-15-12-20-18-9-5-3-7-16(15)18/h2-10,15H,11-12H2,1H3. The molecule has 4 rings (SSSR count). The lowest BCUT2D eigenvalue weighted by molar-refractivity contribution is 0.611. The maximum atomic E-state index is 2.47. The average Bonchev–Trinajstić information content (AvgIpc) is 3.02. The molecule has 1 nitrogen and oxygen atoms in total. The molecule has 2 heteroatoms. The van der Waals surface area contributed by atoms with E-state index in [-0.39, 0.29) is 0 Å². The van der Waals surface area contributed by atoms with Crippen LogP contribution in [0, 0.1) is 6.92 Å². The van der Waals surface area contributed by atoms with Crippen LogP contribution < -0.4 is 0 Å². The fourth-order valence-corrected chi connectivity index (χ4v) is 4.43. The van der Waals surface area contributed by atoms with Crippen LogP contribution in [0.3, 0.4) is 0 Å². The van der Waals surface area contributed by atoms with Gasteiger partial charge >= 0.3 is 0 Å². The Morgan fingerprint density at radius 3 is 2.85 bits per heavy atom. The molecule has 0 amide bonds. The van der Waals surface area contributed by atoms with Crippen LogP contribution in [0.1, 0.15) is 17.2 Å². The summed E-state index contributed by atoms with van der Waals surface area (Å²) in [5, 5.41) is 1.35. The van der Waals surface area contributed by atoms with E-state index in [4.69, 9.17) is 0 Å². The van der Waals surface area contributed by atoms with Crippen molar-refractivity contribution in [1.82, 2.24) is 4.57 Å². The first kappa shape index (κ1) is 12.1. The van der Waals surface area contributed by atoms with Gasteiger partial charge in [0.05, 0.1) is 0 Å². The van der Waals surface area contributed by atoms with E-state index in [2.05, 4.69) is 66.1 Å². The van der Waals surface area contributed by atoms with Crippen LogP contribution in [0.25, 0.3) is 10.9 Å². The van der Waals surface area contributed by atoms with Gasteiger partial charge in [-0.05, 0) is 36.1 Å². The van der Waals surface area contributed by atoms with E-state index in [1.807, 2.05) is 11.8 Å². The largest absolute Gasteiger partial charge is 0.344 e. The van der Waals surface area contributed by atoms with Crippen LogP contribution in [0.5, 0.6) is 0 Å². The number of fused-ring (bicyclic) bond motifs is 2. The Morgan fingerprint density at radius 2 is 1.90 bits per heavy atom. The molecule has 20 heavy (non-hydrogen) atoms. The number of hydrogen-bond donors (Lipinski definition) is 0. The molecule has 1 aliphatic rings. The molecule has 0 spiro atoms. The highest BCUT2D eigenvalue weighted by Gasteiger charge is 2.23. The second kappa shape index (κ2) is 4.71. The summed E-state index contributed by atoms with van der Waals surface area (Å²) in [4.78, 5) is 1.46. The number of aromatic nitrogens is 1. The molecule has 0 N–H and O–H groups in total. The topological polar surface area (TPSA) is 4.93 Å². The van der Waals surface area contributed by atoms with Gasteiger partial charge in [-0.15, -0.1) is 11.8 Å². The van der Waals surface area contributed by atoms with E-state index in [1.165, 1.54) is 32.8 Å². The maximum Gasteiger partial charge on any atom is 0.0482 e. The van der Waals surface area contributed by atoms with Crippen molar-refractivity contribution in [2.45, 2.75) is 24.3 Å². The summed E-state index contributed by atoms with van der Waals surface area (Å²) in [5.41, 5.74) is 4.25. The second-order valence-corrected chi connectivity index (χ2v) is 6.56. The van der Waals surface area contributed by atoms with Crippen LogP contribution in [0.2, 0.25) is 0 Å². The Labute approximate surface area is 123 Å². The van der Waals surface area contributed by atoms with E-state index < -0.39 is 0 Å². The van der Waals surface area contributed by atoms with Gasteiger partial charge in [0.15, 0.2) is 0 Å². The van der Waals surface area contributed by atoms with Crippen molar-refractivity contribution in [2.24, 2.45) is 0 Å². The quantitative estimate of drug-likeness (QED) is 0.650. The molecule has 0 aliphatic carbocycles. The molecule has 1 aromatic heterocycles. The van der Waals surface area contributed by atoms with E-state index in [9.17, 15) is 0 Å². The van der Waals surface area contributed by atoms with Gasteiger partial charge in [0.25, 0.3) is 0 Å². The van der Waals surface area contributed by atoms with E-state index in [0.29, 0.717) is 5.92 Å². The first-order valence-electron chi connectivity index (χ1n) is 7.09. The monoisotopic (exact) mass is 279 g/mol. The van der Waals surface area contributed by atoms with Gasteiger partial charge < -0.3 is 4.57 Å². The smallest absolute Gasteiger partial charge is 0.0482 e. The van der Waals surface area contributed by atoms with Crippen molar-refractivity contribution >= 4 is 22.7 Å². The lowest BCUT2D eigenvalue weighted by Gasteiger charge is -2.15. The summed E-state index contributed by atoms with van der Waals surface area (Å²) in [5.74, 6) is 1.83. The first-order chi connectivity index (χ1) is 9.83. The Balaban J connectivity index is 1.74. The van der Waals surface area contributed by atoms with Crippen molar-refractivity contribution in [1.29, 1.82) is 0 Å². The first-order valence-corrected chi connectivity index (χ1v) is 8.08.